The number of aryl methyl sites for hydroxylation is 2. The van der Waals surface area contributed by atoms with Gasteiger partial charge in [0, 0.05) is 0 Å². The predicted molar refractivity (Wildman–Crippen MR) is 88.5 cm³/mol. The Morgan fingerprint density at radius 2 is 1.52 bits per heavy atom. The molecule has 1 nitrogen and oxygen atoms in total. The molecule has 0 saturated carbocycles. The van der Waals surface area contributed by atoms with Gasteiger partial charge < -0.3 is 5.11 Å². The van der Waals surface area contributed by atoms with Crippen LogP contribution in [0.5, 0.6) is 0 Å². The van der Waals surface area contributed by atoms with Crippen molar-refractivity contribution in [2.24, 2.45) is 0 Å². The normalized spacial score (nSPS) is 14.1. The fourth-order valence-electron chi connectivity index (χ4n) is 2.91. The quantitative estimate of drug-likeness (QED) is 0.718. The van der Waals surface area contributed by atoms with Gasteiger partial charge in [0.1, 0.15) is 5.60 Å². The average Bonchev–Trinajstić information content (AvgIpc) is 2.49. The second kappa shape index (κ2) is 5.01. The third-order valence-corrected chi connectivity index (χ3v) is 4.23. The van der Waals surface area contributed by atoms with Crippen molar-refractivity contribution < 1.29 is 5.11 Å². The lowest BCUT2D eigenvalue weighted by atomic mass is 9.84. The van der Waals surface area contributed by atoms with Gasteiger partial charge in [-0.1, -0.05) is 60.2 Å². The minimum atomic E-state index is -0.986. The maximum absolute atomic E-state index is 11.1. The monoisotopic (exact) mass is 276 g/mol. The lowest BCUT2D eigenvalue weighted by Crippen LogP contribution is -2.24. The number of rotatable bonds is 2. The van der Waals surface area contributed by atoms with E-state index in [0.29, 0.717) is 0 Å². The van der Waals surface area contributed by atoms with Gasteiger partial charge >= 0.3 is 0 Å². The van der Waals surface area contributed by atoms with E-state index in [1.54, 1.807) is 0 Å². The summed E-state index contributed by atoms with van der Waals surface area (Å²) in [5.41, 5.74) is 3.18. The Morgan fingerprint density at radius 3 is 2.29 bits per heavy atom. The van der Waals surface area contributed by atoms with Crippen LogP contribution >= 0.6 is 0 Å². The van der Waals surface area contributed by atoms with Crippen LogP contribution in [0.3, 0.4) is 0 Å². The Labute approximate surface area is 125 Å². The number of hydrogen-bond acceptors (Lipinski definition) is 1. The van der Waals surface area contributed by atoms with E-state index in [1.807, 2.05) is 32.0 Å². The van der Waals surface area contributed by atoms with Crippen molar-refractivity contribution in [3.05, 3.63) is 82.9 Å². The molecule has 3 aromatic carbocycles. The lowest BCUT2D eigenvalue weighted by Gasteiger charge is -2.27. The van der Waals surface area contributed by atoms with Crippen LogP contribution < -0.4 is 0 Å². The maximum atomic E-state index is 11.1. The highest BCUT2D eigenvalue weighted by Crippen LogP contribution is 2.33. The first-order valence-electron chi connectivity index (χ1n) is 7.28. The molecule has 0 aliphatic heterocycles. The molecule has 3 rings (SSSR count). The molecule has 21 heavy (non-hydrogen) atoms. The Kier molecular flexibility index (Phi) is 3.30. The molecule has 0 saturated heterocycles. The van der Waals surface area contributed by atoms with Crippen LogP contribution in [0.4, 0.5) is 0 Å². The van der Waals surface area contributed by atoms with Crippen molar-refractivity contribution in [1.29, 1.82) is 0 Å². The highest BCUT2D eigenvalue weighted by Gasteiger charge is 2.27. The summed E-state index contributed by atoms with van der Waals surface area (Å²) in [4.78, 5) is 0. The van der Waals surface area contributed by atoms with E-state index in [-0.39, 0.29) is 0 Å². The summed E-state index contributed by atoms with van der Waals surface area (Å²) < 4.78 is 0. The van der Waals surface area contributed by atoms with E-state index in [2.05, 4.69) is 49.4 Å². The predicted octanol–water partition coefficient (Wildman–Crippen LogP) is 4.71. The molecule has 0 heterocycles. The molecule has 0 radical (unpaired) electrons. The Bertz CT molecular complexity index is 800. The maximum Gasteiger partial charge on any atom is 0.112 e. The molecule has 1 atom stereocenters. The molecular formula is C20H20O. The lowest BCUT2D eigenvalue weighted by molar-refractivity contribution is 0.102. The summed E-state index contributed by atoms with van der Waals surface area (Å²) in [6.45, 7) is 5.97. The minimum Gasteiger partial charge on any atom is -0.381 e. The van der Waals surface area contributed by atoms with Crippen LogP contribution in [0.15, 0.2) is 60.7 Å². The number of aliphatic hydroxyl groups is 1. The largest absolute Gasteiger partial charge is 0.381 e. The summed E-state index contributed by atoms with van der Waals surface area (Å²) >= 11 is 0. The number of hydrogen-bond donors (Lipinski definition) is 1. The molecule has 1 N–H and O–H groups in total. The summed E-state index contributed by atoms with van der Waals surface area (Å²) in [5, 5.41) is 13.5. The van der Waals surface area contributed by atoms with E-state index in [4.69, 9.17) is 0 Å². The molecule has 0 aromatic heterocycles. The third kappa shape index (κ3) is 2.45. The standard InChI is InChI=1S/C20H20O/c1-14-8-9-15(2)19(12-14)20(3,21)18-11-10-16-6-4-5-7-17(16)13-18/h4-13,21H,1-3H3. The van der Waals surface area contributed by atoms with Crippen LogP contribution in [0.1, 0.15) is 29.2 Å². The molecule has 1 heteroatoms. The summed E-state index contributed by atoms with van der Waals surface area (Å²) in [6, 6.07) is 20.6. The first-order chi connectivity index (χ1) is 9.98. The summed E-state index contributed by atoms with van der Waals surface area (Å²) in [7, 11) is 0. The smallest absolute Gasteiger partial charge is 0.112 e. The van der Waals surface area contributed by atoms with Gasteiger partial charge in [0.25, 0.3) is 0 Å². The first kappa shape index (κ1) is 13.8. The van der Waals surface area contributed by atoms with E-state index >= 15 is 0 Å². The zero-order valence-electron chi connectivity index (χ0n) is 12.7. The second-order valence-corrected chi connectivity index (χ2v) is 5.95. The summed E-state index contributed by atoms with van der Waals surface area (Å²) in [5.74, 6) is 0. The van der Waals surface area contributed by atoms with Crippen LogP contribution in [0, 0.1) is 13.8 Å². The van der Waals surface area contributed by atoms with E-state index in [9.17, 15) is 5.11 Å². The summed E-state index contributed by atoms with van der Waals surface area (Å²) in [6.07, 6.45) is 0. The molecule has 0 aliphatic carbocycles. The van der Waals surface area contributed by atoms with Crippen molar-refractivity contribution >= 4 is 10.8 Å². The van der Waals surface area contributed by atoms with E-state index in [1.165, 1.54) is 5.39 Å². The van der Waals surface area contributed by atoms with Gasteiger partial charge in [-0.05, 0) is 54.3 Å². The molecule has 0 spiro atoms. The minimum absolute atomic E-state index is 0.926. The molecule has 0 bridgehead atoms. The van der Waals surface area contributed by atoms with Crippen molar-refractivity contribution in [3.8, 4) is 0 Å². The van der Waals surface area contributed by atoms with E-state index < -0.39 is 5.60 Å². The first-order valence-corrected chi connectivity index (χ1v) is 7.28. The van der Waals surface area contributed by atoms with E-state index in [0.717, 1.165) is 27.6 Å². The molecule has 3 aromatic rings. The van der Waals surface area contributed by atoms with Gasteiger partial charge in [-0.3, -0.25) is 0 Å². The Morgan fingerprint density at radius 1 is 0.810 bits per heavy atom. The third-order valence-electron chi connectivity index (χ3n) is 4.23. The van der Waals surface area contributed by atoms with Crippen molar-refractivity contribution in [2.45, 2.75) is 26.4 Å². The molecular weight excluding hydrogens is 256 g/mol. The highest BCUT2D eigenvalue weighted by molar-refractivity contribution is 5.83. The van der Waals surface area contributed by atoms with Gasteiger partial charge in [0.05, 0.1) is 0 Å². The van der Waals surface area contributed by atoms with Gasteiger partial charge in [0.15, 0.2) is 0 Å². The van der Waals surface area contributed by atoms with Gasteiger partial charge in [-0.15, -0.1) is 0 Å². The molecule has 0 aliphatic rings. The number of fused-ring (bicyclic) bond motifs is 1. The fourth-order valence-corrected chi connectivity index (χ4v) is 2.91. The van der Waals surface area contributed by atoms with Crippen molar-refractivity contribution in [3.63, 3.8) is 0 Å². The average molecular weight is 276 g/mol. The van der Waals surface area contributed by atoms with Crippen LogP contribution in [0.25, 0.3) is 10.8 Å². The molecule has 0 fully saturated rings. The van der Waals surface area contributed by atoms with Crippen LogP contribution in [-0.2, 0) is 5.60 Å². The molecule has 106 valence electrons. The zero-order valence-corrected chi connectivity index (χ0v) is 12.7. The number of benzene rings is 3. The SMILES string of the molecule is Cc1ccc(C)c(C(C)(O)c2ccc3ccccc3c2)c1. The molecule has 1 unspecified atom stereocenters. The molecule has 0 amide bonds. The Balaban J connectivity index is 2.17. The van der Waals surface area contributed by atoms with Gasteiger partial charge in [-0.25, -0.2) is 0 Å². The van der Waals surface area contributed by atoms with Gasteiger partial charge in [-0.2, -0.15) is 0 Å². The van der Waals surface area contributed by atoms with Crippen molar-refractivity contribution in [2.75, 3.05) is 0 Å². The van der Waals surface area contributed by atoms with Crippen LogP contribution in [0.2, 0.25) is 0 Å². The zero-order chi connectivity index (χ0) is 15.0. The topological polar surface area (TPSA) is 20.2 Å². The second-order valence-electron chi connectivity index (χ2n) is 5.95. The van der Waals surface area contributed by atoms with Gasteiger partial charge in [0.2, 0.25) is 0 Å². The van der Waals surface area contributed by atoms with Crippen molar-refractivity contribution in [1.82, 2.24) is 0 Å². The fraction of sp³-hybridized carbons (Fsp3) is 0.200. The van der Waals surface area contributed by atoms with Crippen LogP contribution in [-0.4, -0.2) is 5.11 Å². The highest BCUT2D eigenvalue weighted by atomic mass is 16.3. The Hall–Kier alpha value is -2.12.